The van der Waals surface area contributed by atoms with Crippen molar-refractivity contribution in [3.63, 3.8) is 0 Å². The van der Waals surface area contributed by atoms with Gasteiger partial charge in [-0.25, -0.2) is 4.98 Å². The van der Waals surface area contributed by atoms with Gasteiger partial charge in [0.2, 0.25) is 0 Å². The van der Waals surface area contributed by atoms with Gasteiger partial charge in [-0.15, -0.1) is 0 Å². The molecule has 5 nitrogen and oxygen atoms in total. The summed E-state index contributed by atoms with van der Waals surface area (Å²) in [5, 5.41) is 8.68. The van der Waals surface area contributed by atoms with E-state index in [4.69, 9.17) is 10.00 Å². The molecule has 0 radical (unpaired) electrons. The topological polar surface area (TPSA) is 52.4 Å². The standard InChI is InChI=1S/C13H18N4O/c1-2-18-12-4-3-6-15-13(12)17-10-8-16(7-5-14)9-11-17/h3-4,6H,2,7-11H2,1H3. The van der Waals surface area contributed by atoms with E-state index in [-0.39, 0.29) is 0 Å². The van der Waals surface area contributed by atoms with Crippen LogP contribution in [0.4, 0.5) is 5.82 Å². The third-order valence-electron chi connectivity index (χ3n) is 3.02. The molecule has 96 valence electrons. The minimum atomic E-state index is 0.508. The SMILES string of the molecule is CCOc1cccnc1N1CCN(CC#N)CC1. The number of rotatable bonds is 4. The van der Waals surface area contributed by atoms with Crippen molar-refractivity contribution >= 4 is 5.82 Å². The van der Waals surface area contributed by atoms with Crippen LogP contribution in [0, 0.1) is 11.3 Å². The number of pyridine rings is 1. The highest BCUT2D eigenvalue weighted by Gasteiger charge is 2.20. The normalized spacial score (nSPS) is 16.3. The lowest BCUT2D eigenvalue weighted by Gasteiger charge is -2.34. The summed E-state index contributed by atoms with van der Waals surface area (Å²) in [6.07, 6.45) is 1.79. The fourth-order valence-corrected chi connectivity index (χ4v) is 2.11. The third kappa shape index (κ3) is 2.90. The van der Waals surface area contributed by atoms with Crippen molar-refractivity contribution in [1.82, 2.24) is 9.88 Å². The van der Waals surface area contributed by atoms with Gasteiger partial charge in [0.05, 0.1) is 19.2 Å². The van der Waals surface area contributed by atoms with Crippen LogP contribution < -0.4 is 9.64 Å². The summed E-state index contributed by atoms with van der Waals surface area (Å²) in [5.41, 5.74) is 0. The molecule has 0 amide bonds. The predicted molar refractivity (Wildman–Crippen MR) is 69.7 cm³/mol. The van der Waals surface area contributed by atoms with Crippen LogP contribution in [-0.4, -0.2) is 49.2 Å². The largest absolute Gasteiger partial charge is 0.490 e. The molecular weight excluding hydrogens is 228 g/mol. The highest BCUT2D eigenvalue weighted by molar-refractivity contribution is 5.52. The first kappa shape index (κ1) is 12.7. The lowest BCUT2D eigenvalue weighted by molar-refractivity contribution is 0.283. The molecule has 0 unspecified atom stereocenters. The molecular formula is C13H18N4O. The van der Waals surface area contributed by atoms with Gasteiger partial charge in [-0.1, -0.05) is 0 Å². The quantitative estimate of drug-likeness (QED) is 0.745. The first-order valence-electron chi connectivity index (χ1n) is 6.27. The summed E-state index contributed by atoms with van der Waals surface area (Å²) in [6.45, 7) is 6.70. The fourth-order valence-electron chi connectivity index (χ4n) is 2.11. The lowest BCUT2D eigenvalue weighted by atomic mass is 10.3. The second kappa shape index (κ2) is 6.22. The van der Waals surface area contributed by atoms with Gasteiger partial charge in [-0.05, 0) is 19.1 Å². The maximum Gasteiger partial charge on any atom is 0.171 e. The van der Waals surface area contributed by atoms with Crippen LogP contribution >= 0.6 is 0 Å². The van der Waals surface area contributed by atoms with E-state index in [2.05, 4.69) is 20.9 Å². The van der Waals surface area contributed by atoms with Crippen molar-refractivity contribution in [1.29, 1.82) is 5.26 Å². The maximum absolute atomic E-state index is 8.68. The Kier molecular flexibility index (Phi) is 4.37. The van der Waals surface area contributed by atoms with Crippen molar-refractivity contribution < 1.29 is 4.74 Å². The van der Waals surface area contributed by atoms with Gasteiger partial charge in [0.15, 0.2) is 11.6 Å². The number of ether oxygens (including phenoxy) is 1. The molecule has 1 aromatic heterocycles. The number of nitriles is 1. The van der Waals surface area contributed by atoms with Crippen LogP contribution in [0.15, 0.2) is 18.3 Å². The molecule has 0 saturated carbocycles. The summed E-state index contributed by atoms with van der Waals surface area (Å²) >= 11 is 0. The third-order valence-corrected chi connectivity index (χ3v) is 3.02. The summed E-state index contributed by atoms with van der Waals surface area (Å²) in [4.78, 5) is 8.78. The van der Waals surface area contributed by atoms with Crippen molar-refractivity contribution in [2.75, 3.05) is 44.2 Å². The number of hydrogen-bond donors (Lipinski definition) is 0. The van der Waals surface area contributed by atoms with E-state index >= 15 is 0 Å². The minimum absolute atomic E-state index is 0.508. The van der Waals surface area contributed by atoms with E-state index < -0.39 is 0 Å². The van der Waals surface area contributed by atoms with Gasteiger partial charge in [0.1, 0.15) is 0 Å². The Labute approximate surface area is 108 Å². The van der Waals surface area contributed by atoms with Crippen molar-refractivity contribution in [2.24, 2.45) is 0 Å². The van der Waals surface area contributed by atoms with Crippen LogP contribution in [-0.2, 0) is 0 Å². The number of piperazine rings is 1. The van der Waals surface area contributed by atoms with Gasteiger partial charge in [0, 0.05) is 32.4 Å². The fraction of sp³-hybridized carbons (Fsp3) is 0.538. The van der Waals surface area contributed by atoms with Crippen LogP contribution in [0.1, 0.15) is 6.92 Å². The molecule has 1 aromatic rings. The highest BCUT2D eigenvalue weighted by atomic mass is 16.5. The average Bonchev–Trinajstić information content (AvgIpc) is 2.41. The smallest absolute Gasteiger partial charge is 0.171 e. The summed E-state index contributed by atoms with van der Waals surface area (Å²) in [5.74, 6) is 1.75. The van der Waals surface area contributed by atoms with Gasteiger partial charge >= 0.3 is 0 Å². The molecule has 0 atom stereocenters. The Balaban J connectivity index is 2.03. The molecule has 0 aliphatic carbocycles. The first-order valence-corrected chi connectivity index (χ1v) is 6.27. The van der Waals surface area contributed by atoms with Gasteiger partial charge < -0.3 is 9.64 Å². The monoisotopic (exact) mass is 246 g/mol. The minimum Gasteiger partial charge on any atom is -0.490 e. The molecule has 1 saturated heterocycles. The number of aromatic nitrogens is 1. The Hall–Kier alpha value is -1.80. The average molecular weight is 246 g/mol. The Morgan fingerprint density at radius 1 is 1.39 bits per heavy atom. The van der Waals surface area contributed by atoms with E-state index in [0.717, 1.165) is 37.7 Å². The first-order chi connectivity index (χ1) is 8.85. The molecule has 1 aliphatic rings. The molecule has 0 aromatic carbocycles. The highest BCUT2D eigenvalue weighted by Crippen LogP contribution is 2.25. The molecule has 0 bridgehead atoms. The van der Waals surface area contributed by atoms with Crippen molar-refractivity contribution in [3.8, 4) is 11.8 Å². The Morgan fingerprint density at radius 3 is 2.83 bits per heavy atom. The van der Waals surface area contributed by atoms with Crippen molar-refractivity contribution in [3.05, 3.63) is 18.3 Å². The molecule has 1 fully saturated rings. The second-order valence-electron chi connectivity index (χ2n) is 4.18. The van der Waals surface area contributed by atoms with Crippen LogP contribution in [0.25, 0.3) is 0 Å². The molecule has 2 rings (SSSR count). The van der Waals surface area contributed by atoms with E-state index in [1.54, 1.807) is 6.20 Å². The number of nitrogens with zero attached hydrogens (tertiary/aromatic N) is 4. The van der Waals surface area contributed by atoms with E-state index in [0.29, 0.717) is 13.2 Å². The summed E-state index contributed by atoms with van der Waals surface area (Å²) in [7, 11) is 0. The zero-order valence-electron chi connectivity index (χ0n) is 10.7. The molecule has 2 heterocycles. The van der Waals surface area contributed by atoms with E-state index in [9.17, 15) is 0 Å². The number of anilines is 1. The summed E-state index contributed by atoms with van der Waals surface area (Å²) < 4.78 is 5.59. The molecule has 5 heteroatoms. The zero-order chi connectivity index (χ0) is 12.8. The Bertz CT molecular complexity index is 421. The molecule has 1 aliphatic heterocycles. The van der Waals surface area contributed by atoms with E-state index in [1.165, 1.54) is 0 Å². The van der Waals surface area contributed by atoms with Gasteiger partial charge in [-0.3, -0.25) is 4.90 Å². The molecule has 18 heavy (non-hydrogen) atoms. The molecule has 0 spiro atoms. The van der Waals surface area contributed by atoms with Crippen molar-refractivity contribution in [2.45, 2.75) is 6.92 Å². The predicted octanol–water partition coefficient (Wildman–Crippen LogP) is 1.13. The van der Waals surface area contributed by atoms with E-state index in [1.807, 2.05) is 19.1 Å². The maximum atomic E-state index is 8.68. The van der Waals surface area contributed by atoms with Crippen LogP contribution in [0.5, 0.6) is 5.75 Å². The second-order valence-corrected chi connectivity index (χ2v) is 4.18. The summed E-state index contributed by atoms with van der Waals surface area (Å²) in [6, 6.07) is 6.03. The molecule has 0 N–H and O–H groups in total. The zero-order valence-corrected chi connectivity index (χ0v) is 10.7. The number of hydrogen-bond acceptors (Lipinski definition) is 5. The Morgan fingerprint density at radius 2 is 2.17 bits per heavy atom. The van der Waals surface area contributed by atoms with Crippen LogP contribution in [0.2, 0.25) is 0 Å². The van der Waals surface area contributed by atoms with Crippen LogP contribution in [0.3, 0.4) is 0 Å². The lowest BCUT2D eigenvalue weighted by Crippen LogP contribution is -2.46. The van der Waals surface area contributed by atoms with Gasteiger partial charge in [0.25, 0.3) is 0 Å². The van der Waals surface area contributed by atoms with Gasteiger partial charge in [-0.2, -0.15) is 5.26 Å².